The number of carbonyl (C=O) groups is 1. The highest BCUT2D eigenvalue weighted by molar-refractivity contribution is 7.89. The number of anilines is 1. The van der Waals surface area contributed by atoms with E-state index in [0.717, 1.165) is 5.56 Å². The number of sulfonamides is 1. The lowest BCUT2D eigenvalue weighted by atomic mass is 10.1. The fraction of sp³-hybridized carbons (Fsp3) is 0.130. The number of ether oxygens (including phenoxy) is 1. The molecular weight excluding hydrogens is 460 g/mol. The number of nitrogens with one attached hydrogen (secondary N) is 4. The molecule has 0 aliphatic heterocycles. The van der Waals surface area contributed by atoms with Crippen molar-refractivity contribution in [3.05, 3.63) is 90.5 Å². The molecule has 0 spiro atoms. The standard InChI is InChI=1S/C23H24N4O4S2/c1-31-19-14-12-18(13-15-19)24-23(32)26-25-22(28)21(16-17-8-4-2-5-9-17)27-33(29,30)20-10-6-3-7-11-20/h2-15,21,27H,16H2,1H3,(H,25,28)(H2,24,26,32)/t21-/m0/s1. The quantitative estimate of drug-likeness (QED) is 0.288. The maximum absolute atomic E-state index is 12.9. The van der Waals surface area contributed by atoms with E-state index in [1.165, 1.54) is 12.1 Å². The van der Waals surface area contributed by atoms with Crippen molar-refractivity contribution in [2.75, 3.05) is 12.4 Å². The second-order valence-electron chi connectivity index (χ2n) is 6.97. The lowest BCUT2D eigenvalue weighted by molar-refractivity contribution is -0.123. The molecule has 3 aromatic carbocycles. The summed E-state index contributed by atoms with van der Waals surface area (Å²) in [5.74, 6) is 0.111. The Balaban J connectivity index is 1.67. The van der Waals surface area contributed by atoms with Crippen molar-refractivity contribution in [3.63, 3.8) is 0 Å². The Morgan fingerprint density at radius 2 is 1.52 bits per heavy atom. The van der Waals surface area contributed by atoms with E-state index in [1.54, 1.807) is 49.6 Å². The van der Waals surface area contributed by atoms with Gasteiger partial charge in [-0.3, -0.25) is 15.6 Å². The third kappa shape index (κ3) is 7.28. The van der Waals surface area contributed by atoms with Gasteiger partial charge in [-0.25, -0.2) is 8.42 Å². The van der Waals surface area contributed by atoms with E-state index in [9.17, 15) is 13.2 Å². The van der Waals surface area contributed by atoms with Gasteiger partial charge in [-0.1, -0.05) is 48.5 Å². The highest BCUT2D eigenvalue weighted by Gasteiger charge is 2.26. The zero-order valence-electron chi connectivity index (χ0n) is 17.8. The second kappa shape index (κ2) is 11.4. The Morgan fingerprint density at radius 1 is 0.909 bits per heavy atom. The number of methoxy groups -OCH3 is 1. The first-order valence-electron chi connectivity index (χ1n) is 9.99. The first-order valence-corrected chi connectivity index (χ1v) is 11.9. The third-order valence-electron chi connectivity index (χ3n) is 4.60. The van der Waals surface area contributed by atoms with Gasteiger partial charge in [0.05, 0.1) is 12.0 Å². The van der Waals surface area contributed by atoms with Crippen LogP contribution in [-0.2, 0) is 21.2 Å². The molecule has 1 atom stereocenters. The molecular formula is C23H24N4O4S2. The number of thiocarbonyl (C=S) groups is 1. The van der Waals surface area contributed by atoms with Crippen LogP contribution < -0.4 is 25.6 Å². The maximum atomic E-state index is 12.9. The smallest absolute Gasteiger partial charge is 0.256 e. The van der Waals surface area contributed by atoms with Crippen LogP contribution in [0.3, 0.4) is 0 Å². The largest absolute Gasteiger partial charge is 0.497 e. The molecule has 0 aromatic heterocycles. The summed E-state index contributed by atoms with van der Waals surface area (Å²) in [6.45, 7) is 0. The van der Waals surface area contributed by atoms with E-state index in [0.29, 0.717) is 11.4 Å². The molecule has 0 saturated heterocycles. The minimum atomic E-state index is -3.92. The molecule has 0 bridgehead atoms. The highest BCUT2D eigenvalue weighted by Crippen LogP contribution is 2.15. The molecule has 172 valence electrons. The zero-order chi connectivity index (χ0) is 23.7. The molecule has 0 aliphatic rings. The summed E-state index contributed by atoms with van der Waals surface area (Å²) in [4.78, 5) is 13.0. The van der Waals surface area contributed by atoms with Crippen LogP contribution in [0.15, 0.2) is 89.8 Å². The Morgan fingerprint density at radius 3 is 2.12 bits per heavy atom. The van der Waals surface area contributed by atoms with Crippen molar-refractivity contribution in [2.24, 2.45) is 0 Å². The number of carbonyl (C=O) groups excluding carboxylic acids is 1. The number of hydrazine groups is 1. The Hall–Kier alpha value is -3.47. The van der Waals surface area contributed by atoms with Crippen molar-refractivity contribution in [2.45, 2.75) is 17.4 Å². The molecule has 4 N–H and O–H groups in total. The van der Waals surface area contributed by atoms with Gasteiger partial charge in [0.25, 0.3) is 5.91 Å². The monoisotopic (exact) mass is 484 g/mol. The van der Waals surface area contributed by atoms with E-state index in [4.69, 9.17) is 17.0 Å². The molecule has 0 radical (unpaired) electrons. The molecule has 0 unspecified atom stereocenters. The Kier molecular flexibility index (Phi) is 8.36. The summed E-state index contributed by atoms with van der Waals surface area (Å²) >= 11 is 5.21. The van der Waals surface area contributed by atoms with Crippen LogP contribution in [0.25, 0.3) is 0 Å². The average Bonchev–Trinajstić information content (AvgIpc) is 2.83. The molecule has 33 heavy (non-hydrogen) atoms. The maximum Gasteiger partial charge on any atom is 0.256 e. The number of rotatable bonds is 8. The van der Waals surface area contributed by atoms with Crippen molar-refractivity contribution < 1.29 is 17.9 Å². The van der Waals surface area contributed by atoms with Crippen molar-refractivity contribution in [1.29, 1.82) is 0 Å². The van der Waals surface area contributed by atoms with Gasteiger partial charge in [-0.2, -0.15) is 4.72 Å². The topological polar surface area (TPSA) is 109 Å². The van der Waals surface area contributed by atoms with Crippen molar-refractivity contribution in [1.82, 2.24) is 15.6 Å². The van der Waals surface area contributed by atoms with E-state index in [-0.39, 0.29) is 16.4 Å². The fourth-order valence-electron chi connectivity index (χ4n) is 2.93. The van der Waals surface area contributed by atoms with Gasteiger partial charge in [0.15, 0.2) is 5.11 Å². The first kappa shape index (κ1) is 24.2. The van der Waals surface area contributed by atoms with E-state index in [1.807, 2.05) is 30.3 Å². The summed E-state index contributed by atoms with van der Waals surface area (Å²) in [5.41, 5.74) is 6.57. The molecule has 3 aromatic rings. The molecule has 10 heteroatoms. The number of hydrogen-bond donors (Lipinski definition) is 4. The molecule has 3 rings (SSSR count). The van der Waals surface area contributed by atoms with Crippen LogP contribution in [0, 0.1) is 0 Å². The SMILES string of the molecule is COc1ccc(NC(=S)NNC(=O)[C@H](Cc2ccccc2)NS(=O)(=O)c2ccccc2)cc1. The van der Waals surface area contributed by atoms with E-state index < -0.39 is 22.0 Å². The molecule has 0 fully saturated rings. The van der Waals surface area contributed by atoms with Gasteiger partial charge in [0.1, 0.15) is 11.8 Å². The minimum absolute atomic E-state index is 0.0699. The van der Waals surface area contributed by atoms with Gasteiger partial charge in [-0.15, -0.1) is 0 Å². The predicted octanol–water partition coefficient (Wildman–Crippen LogP) is 2.60. The van der Waals surface area contributed by atoms with Crippen LogP contribution in [0.2, 0.25) is 0 Å². The minimum Gasteiger partial charge on any atom is -0.497 e. The average molecular weight is 485 g/mol. The molecule has 0 heterocycles. The number of hydrogen-bond acceptors (Lipinski definition) is 5. The van der Waals surface area contributed by atoms with Gasteiger partial charge >= 0.3 is 0 Å². The normalized spacial score (nSPS) is 11.8. The predicted molar refractivity (Wildman–Crippen MR) is 131 cm³/mol. The van der Waals surface area contributed by atoms with E-state index >= 15 is 0 Å². The lowest BCUT2D eigenvalue weighted by Crippen LogP contribution is -2.53. The lowest BCUT2D eigenvalue weighted by Gasteiger charge is -2.20. The summed E-state index contributed by atoms with van der Waals surface area (Å²) < 4.78 is 33.2. The second-order valence-corrected chi connectivity index (χ2v) is 9.10. The van der Waals surface area contributed by atoms with Crippen LogP contribution in [0.4, 0.5) is 5.69 Å². The summed E-state index contributed by atoms with van der Waals surface area (Å²) in [6.07, 6.45) is 0.152. The van der Waals surface area contributed by atoms with E-state index in [2.05, 4.69) is 20.9 Å². The molecule has 0 saturated carbocycles. The number of benzene rings is 3. The summed E-state index contributed by atoms with van der Waals surface area (Å²) in [5, 5.41) is 3.06. The van der Waals surface area contributed by atoms with Gasteiger partial charge in [-0.05, 0) is 60.6 Å². The van der Waals surface area contributed by atoms with Crippen molar-refractivity contribution in [3.8, 4) is 5.75 Å². The van der Waals surface area contributed by atoms with Crippen LogP contribution in [0.5, 0.6) is 5.75 Å². The molecule has 0 aliphatic carbocycles. The fourth-order valence-corrected chi connectivity index (χ4v) is 4.32. The summed E-state index contributed by atoms with van der Waals surface area (Å²) in [6, 6.07) is 23.0. The number of amides is 1. The van der Waals surface area contributed by atoms with Gasteiger partial charge in [0, 0.05) is 5.69 Å². The summed E-state index contributed by atoms with van der Waals surface area (Å²) in [7, 11) is -2.35. The molecule has 1 amide bonds. The van der Waals surface area contributed by atoms with Crippen molar-refractivity contribution >= 4 is 38.9 Å². The van der Waals surface area contributed by atoms with Crippen LogP contribution in [-0.4, -0.2) is 32.6 Å². The molecule has 8 nitrogen and oxygen atoms in total. The highest BCUT2D eigenvalue weighted by atomic mass is 32.2. The van der Waals surface area contributed by atoms with Crippen LogP contribution in [0.1, 0.15) is 5.56 Å². The Labute approximate surface area is 198 Å². The van der Waals surface area contributed by atoms with Gasteiger partial charge in [0.2, 0.25) is 10.0 Å². The zero-order valence-corrected chi connectivity index (χ0v) is 19.4. The first-order chi connectivity index (χ1) is 15.9. The van der Waals surface area contributed by atoms with Crippen LogP contribution >= 0.6 is 12.2 Å². The van der Waals surface area contributed by atoms with Gasteiger partial charge < -0.3 is 10.1 Å². The third-order valence-corrected chi connectivity index (χ3v) is 6.29. The Bertz CT molecular complexity index is 1170.